The first kappa shape index (κ1) is 23.8. The van der Waals surface area contributed by atoms with Crippen LogP contribution in [0.1, 0.15) is 62.5 Å². The van der Waals surface area contributed by atoms with Crippen molar-refractivity contribution in [1.29, 1.82) is 0 Å². The van der Waals surface area contributed by atoms with Crippen LogP contribution in [0, 0.1) is 5.92 Å². The summed E-state index contributed by atoms with van der Waals surface area (Å²) in [4.78, 5) is 37.0. The van der Waals surface area contributed by atoms with Gasteiger partial charge in [-0.2, -0.15) is 0 Å². The van der Waals surface area contributed by atoms with Gasteiger partial charge in [0, 0.05) is 12.0 Å². The van der Waals surface area contributed by atoms with Gasteiger partial charge in [-0.1, -0.05) is 74.7 Å². The van der Waals surface area contributed by atoms with Crippen molar-refractivity contribution in [1.82, 2.24) is 10.6 Å². The predicted octanol–water partition coefficient (Wildman–Crippen LogP) is 4.45. The fraction of sp³-hybridized carbons (Fsp3) is 0.444. The molecule has 2 aromatic carbocycles. The zero-order valence-electron chi connectivity index (χ0n) is 19.5. The number of carbonyl (C=O) groups excluding carboxylic acids is 2. The van der Waals surface area contributed by atoms with Gasteiger partial charge in [0.1, 0.15) is 12.6 Å². The van der Waals surface area contributed by atoms with Gasteiger partial charge < -0.3 is 20.5 Å². The van der Waals surface area contributed by atoms with Crippen LogP contribution in [0.5, 0.6) is 0 Å². The number of benzene rings is 2. The molecule has 0 aliphatic heterocycles. The van der Waals surface area contributed by atoms with Gasteiger partial charge in [-0.15, -0.1) is 0 Å². The van der Waals surface area contributed by atoms with Gasteiger partial charge in [-0.3, -0.25) is 4.79 Å². The van der Waals surface area contributed by atoms with E-state index in [2.05, 4.69) is 34.9 Å². The highest BCUT2D eigenvalue weighted by Crippen LogP contribution is 2.44. The maximum absolute atomic E-state index is 12.9. The van der Waals surface area contributed by atoms with E-state index in [0.717, 1.165) is 35.1 Å². The topological polar surface area (TPSA) is 105 Å². The van der Waals surface area contributed by atoms with E-state index < -0.39 is 24.0 Å². The Balaban J connectivity index is 1.38. The maximum Gasteiger partial charge on any atom is 0.407 e. The molecule has 0 unspecified atom stereocenters. The largest absolute Gasteiger partial charge is 0.480 e. The number of carboxylic acids is 1. The number of hydrogen-bond donors (Lipinski definition) is 3. The molecule has 0 saturated heterocycles. The minimum atomic E-state index is -1.04. The van der Waals surface area contributed by atoms with Crippen LogP contribution in [-0.2, 0) is 14.3 Å². The molecular weight excluding hydrogens is 432 g/mol. The molecule has 180 valence electrons. The van der Waals surface area contributed by atoms with E-state index in [9.17, 15) is 19.5 Å². The summed E-state index contributed by atoms with van der Waals surface area (Å²) in [5.41, 5.74) is 4.61. The molecule has 0 heterocycles. The third-order valence-corrected chi connectivity index (χ3v) is 6.94. The summed E-state index contributed by atoms with van der Waals surface area (Å²) in [6.07, 6.45) is 3.52. The third-order valence-electron chi connectivity index (χ3n) is 6.94. The van der Waals surface area contributed by atoms with Gasteiger partial charge in [-0.05, 0) is 41.5 Å². The summed E-state index contributed by atoms with van der Waals surface area (Å²) in [7, 11) is 0. The fourth-order valence-electron chi connectivity index (χ4n) is 5.23. The zero-order chi connectivity index (χ0) is 24.1. The van der Waals surface area contributed by atoms with Crippen LogP contribution in [0.15, 0.2) is 48.5 Å². The highest BCUT2D eigenvalue weighted by atomic mass is 16.5. The molecule has 0 bridgehead atoms. The van der Waals surface area contributed by atoms with E-state index in [0.29, 0.717) is 25.7 Å². The number of hydrogen-bond acceptors (Lipinski definition) is 4. The van der Waals surface area contributed by atoms with Crippen LogP contribution in [0.4, 0.5) is 4.79 Å². The lowest BCUT2D eigenvalue weighted by Gasteiger charge is -2.31. The van der Waals surface area contributed by atoms with Gasteiger partial charge >= 0.3 is 12.1 Å². The molecule has 0 spiro atoms. The van der Waals surface area contributed by atoms with Gasteiger partial charge in [0.2, 0.25) is 5.91 Å². The highest BCUT2D eigenvalue weighted by Gasteiger charge is 2.35. The number of carboxylic acid groups (broad SMARTS) is 1. The molecule has 1 fully saturated rings. The van der Waals surface area contributed by atoms with Crippen LogP contribution in [-0.4, -0.2) is 41.8 Å². The van der Waals surface area contributed by atoms with Gasteiger partial charge in [0.15, 0.2) is 0 Å². The average molecular weight is 465 g/mol. The highest BCUT2D eigenvalue weighted by molar-refractivity contribution is 5.86. The van der Waals surface area contributed by atoms with Crippen LogP contribution in [0.2, 0.25) is 0 Å². The second-order valence-corrected chi connectivity index (χ2v) is 9.16. The Kier molecular flexibility index (Phi) is 7.50. The molecule has 2 aromatic rings. The van der Waals surface area contributed by atoms with E-state index in [4.69, 9.17) is 4.74 Å². The van der Waals surface area contributed by atoms with Gasteiger partial charge in [0.25, 0.3) is 0 Å². The van der Waals surface area contributed by atoms with Crippen LogP contribution in [0.25, 0.3) is 11.1 Å². The first-order chi connectivity index (χ1) is 16.5. The molecule has 0 aromatic heterocycles. The number of carbonyl (C=O) groups is 3. The van der Waals surface area contributed by atoms with Crippen molar-refractivity contribution in [2.75, 3.05) is 6.61 Å². The average Bonchev–Trinajstić information content (AvgIpc) is 3.16. The Labute approximate surface area is 199 Å². The second-order valence-electron chi connectivity index (χ2n) is 9.16. The molecule has 7 heteroatoms. The molecule has 7 nitrogen and oxygen atoms in total. The SMILES string of the molecule is CCC[C@H](NC(=O)[C@H]1CCCC[C@H]1NC(=O)OCC1c2ccccc2-c2ccccc21)C(=O)O. The number of alkyl carbamates (subject to hydrolysis) is 1. The molecule has 2 aliphatic carbocycles. The van der Waals surface area contributed by atoms with Crippen molar-refractivity contribution in [3.05, 3.63) is 59.7 Å². The summed E-state index contributed by atoms with van der Waals surface area (Å²) < 4.78 is 5.65. The lowest BCUT2D eigenvalue weighted by Crippen LogP contribution is -2.51. The van der Waals surface area contributed by atoms with Crippen molar-refractivity contribution >= 4 is 18.0 Å². The Morgan fingerprint density at radius 1 is 1.00 bits per heavy atom. The second kappa shape index (κ2) is 10.7. The summed E-state index contributed by atoms with van der Waals surface area (Å²) in [5.74, 6) is -1.85. The number of aliphatic carboxylic acids is 1. The molecule has 1 saturated carbocycles. The minimum Gasteiger partial charge on any atom is -0.480 e. The van der Waals surface area contributed by atoms with Crippen LogP contribution >= 0.6 is 0 Å². The van der Waals surface area contributed by atoms with Crippen molar-refractivity contribution < 1.29 is 24.2 Å². The molecular formula is C27H32N2O5. The Morgan fingerprint density at radius 2 is 1.62 bits per heavy atom. The van der Waals surface area contributed by atoms with Gasteiger partial charge in [-0.25, -0.2) is 9.59 Å². The minimum absolute atomic E-state index is 0.0334. The Bertz CT molecular complexity index is 1010. The van der Waals surface area contributed by atoms with E-state index in [-0.39, 0.29) is 24.5 Å². The molecule has 4 rings (SSSR count). The first-order valence-electron chi connectivity index (χ1n) is 12.1. The number of amides is 2. The van der Waals surface area contributed by atoms with E-state index >= 15 is 0 Å². The monoisotopic (exact) mass is 464 g/mol. The summed E-state index contributed by atoms with van der Waals surface area (Å²) in [6, 6.07) is 15.0. The number of rotatable bonds is 8. The summed E-state index contributed by atoms with van der Waals surface area (Å²) in [6.45, 7) is 2.09. The lowest BCUT2D eigenvalue weighted by molar-refractivity contribution is -0.143. The molecule has 3 N–H and O–H groups in total. The Hall–Kier alpha value is -3.35. The number of nitrogens with one attached hydrogen (secondary N) is 2. The first-order valence-corrected chi connectivity index (χ1v) is 12.1. The van der Waals surface area contributed by atoms with Gasteiger partial charge in [0.05, 0.1) is 5.92 Å². The lowest BCUT2D eigenvalue weighted by atomic mass is 9.83. The van der Waals surface area contributed by atoms with E-state index in [1.807, 2.05) is 31.2 Å². The van der Waals surface area contributed by atoms with Crippen molar-refractivity contribution in [3.63, 3.8) is 0 Å². The normalized spacial score (nSPS) is 20.0. The van der Waals surface area contributed by atoms with Crippen LogP contribution in [0.3, 0.4) is 0 Å². The zero-order valence-corrected chi connectivity index (χ0v) is 19.5. The molecule has 3 atom stereocenters. The standard InChI is InChI=1S/C27H32N2O5/c1-2-9-24(26(31)32)28-25(30)21-14-7-8-15-23(21)29-27(33)34-16-22-19-12-5-3-10-17(19)18-11-4-6-13-20(18)22/h3-6,10-13,21-24H,2,7-9,14-16H2,1H3,(H,28,30)(H,29,33)(H,31,32)/t21-,23+,24-/m0/s1. The predicted molar refractivity (Wildman–Crippen MR) is 128 cm³/mol. The quantitative estimate of drug-likeness (QED) is 0.535. The molecule has 0 radical (unpaired) electrons. The van der Waals surface area contributed by atoms with E-state index in [1.54, 1.807) is 0 Å². The fourth-order valence-corrected chi connectivity index (χ4v) is 5.23. The molecule has 2 aliphatic rings. The summed E-state index contributed by atoms with van der Waals surface area (Å²) in [5, 5.41) is 14.9. The number of fused-ring (bicyclic) bond motifs is 3. The molecule has 2 amide bonds. The maximum atomic E-state index is 12.9. The number of ether oxygens (including phenoxy) is 1. The van der Waals surface area contributed by atoms with Crippen LogP contribution < -0.4 is 10.6 Å². The van der Waals surface area contributed by atoms with Crippen molar-refractivity contribution in [3.8, 4) is 11.1 Å². The summed E-state index contributed by atoms with van der Waals surface area (Å²) >= 11 is 0. The molecule has 34 heavy (non-hydrogen) atoms. The van der Waals surface area contributed by atoms with Crippen molar-refractivity contribution in [2.24, 2.45) is 5.92 Å². The van der Waals surface area contributed by atoms with E-state index in [1.165, 1.54) is 0 Å². The smallest absolute Gasteiger partial charge is 0.407 e. The Morgan fingerprint density at radius 3 is 2.24 bits per heavy atom. The van der Waals surface area contributed by atoms with Crippen molar-refractivity contribution in [2.45, 2.75) is 63.5 Å². The third kappa shape index (κ3) is 5.08.